The number of rotatable bonds is 4. The molecular weight excluding hydrogens is 164 g/mol. The van der Waals surface area contributed by atoms with Crippen LogP contribution in [0.4, 0.5) is 0 Å². The van der Waals surface area contributed by atoms with E-state index in [4.69, 9.17) is 4.74 Å². The van der Waals surface area contributed by atoms with Crippen molar-refractivity contribution >= 4 is 12.4 Å². The third kappa shape index (κ3) is 2.18. The summed E-state index contributed by atoms with van der Waals surface area (Å²) >= 11 is 0. The van der Waals surface area contributed by atoms with Crippen molar-refractivity contribution in [1.82, 2.24) is 0 Å². The third-order valence-corrected chi connectivity index (χ3v) is 1.87. The predicted molar refractivity (Wildman–Crippen MR) is 52.9 cm³/mol. The molecular formula is C11H12O2. The maximum absolute atomic E-state index is 10.4. The standard InChI is InChI=1S/C11H12O2/c1-3-9-4-5-11(13-2)8-10(9)6-7-12/h3-5,7-8H,1,6H2,2H3. The second-order valence-electron chi connectivity index (χ2n) is 2.64. The summed E-state index contributed by atoms with van der Waals surface area (Å²) in [4.78, 5) is 10.4. The fraction of sp³-hybridized carbons (Fsp3) is 0.182. The monoisotopic (exact) mass is 176 g/mol. The average Bonchev–Trinajstić information content (AvgIpc) is 2.18. The minimum Gasteiger partial charge on any atom is -0.497 e. The van der Waals surface area contributed by atoms with E-state index in [2.05, 4.69) is 6.58 Å². The highest BCUT2D eigenvalue weighted by molar-refractivity contribution is 5.62. The minimum atomic E-state index is 0.401. The number of benzene rings is 1. The first-order chi connectivity index (χ1) is 6.31. The first-order valence-electron chi connectivity index (χ1n) is 4.04. The zero-order chi connectivity index (χ0) is 9.68. The average molecular weight is 176 g/mol. The van der Waals surface area contributed by atoms with Crippen LogP contribution in [0.25, 0.3) is 6.08 Å². The van der Waals surface area contributed by atoms with E-state index < -0.39 is 0 Å². The van der Waals surface area contributed by atoms with Crippen molar-refractivity contribution in [3.63, 3.8) is 0 Å². The lowest BCUT2D eigenvalue weighted by Crippen LogP contribution is -1.92. The van der Waals surface area contributed by atoms with Crippen molar-refractivity contribution in [2.75, 3.05) is 7.11 Å². The van der Waals surface area contributed by atoms with Crippen molar-refractivity contribution in [2.45, 2.75) is 6.42 Å². The Bertz CT molecular complexity index is 316. The zero-order valence-corrected chi connectivity index (χ0v) is 7.62. The summed E-state index contributed by atoms with van der Waals surface area (Å²) in [5, 5.41) is 0. The molecule has 2 heteroatoms. The van der Waals surface area contributed by atoms with E-state index in [9.17, 15) is 4.79 Å². The highest BCUT2D eigenvalue weighted by Crippen LogP contribution is 2.18. The van der Waals surface area contributed by atoms with Gasteiger partial charge >= 0.3 is 0 Å². The molecule has 0 spiro atoms. The van der Waals surface area contributed by atoms with Crippen molar-refractivity contribution in [1.29, 1.82) is 0 Å². The van der Waals surface area contributed by atoms with Gasteiger partial charge < -0.3 is 9.53 Å². The predicted octanol–water partition coefficient (Wildman–Crippen LogP) is 2.08. The highest BCUT2D eigenvalue weighted by atomic mass is 16.5. The summed E-state index contributed by atoms with van der Waals surface area (Å²) in [6, 6.07) is 5.60. The highest BCUT2D eigenvalue weighted by Gasteiger charge is 2.00. The van der Waals surface area contributed by atoms with E-state index in [1.165, 1.54) is 0 Å². The van der Waals surface area contributed by atoms with Crippen molar-refractivity contribution in [2.24, 2.45) is 0 Å². The molecule has 0 bridgehead atoms. The summed E-state index contributed by atoms with van der Waals surface area (Å²) in [7, 11) is 1.60. The Morgan fingerprint density at radius 1 is 1.54 bits per heavy atom. The van der Waals surface area contributed by atoms with Gasteiger partial charge in [0.2, 0.25) is 0 Å². The number of aldehydes is 1. The molecule has 1 rings (SSSR count). The number of ether oxygens (including phenoxy) is 1. The Labute approximate surface area is 77.8 Å². The summed E-state index contributed by atoms with van der Waals surface area (Å²) in [5.74, 6) is 0.766. The number of hydrogen-bond acceptors (Lipinski definition) is 2. The SMILES string of the molecule is C=Cc1ccc(OC)cc1CC=O. The molecule has 13 heavy (non-hydrogen) atoms. The lowest BCUT2D eigenvalue weighted by molar-refractivity contribution is -0.107. The van der Waals surface area contributed by atoms with Crippen LogP contribution in [-0.2, 0) is 11.2 Å². The Morgan fingerprint density at radius 2 is 2.31 bits per heavy atom. The van der Waals surface area contributed by atoms with Crippen molar-refractivity contribution < 1.29 is 9.53 Å². The molecule has 0 aliphatic rings. The van der Waals surface area contributed by atoms with Crippen LogP contribution in [0, 0.1) is 0 Å². The number of carbonyl (C=O) groups excluding carboxylic acids is 1. The third-order valence-electron chi connectivity index (χ3n) is 1.87. The molecule has 0 heterocycles. The maximum atomic E-state index is 10.4. The van der Waals surface area contributed by atoms with E-state index in [1.54, 1.807) is 13.2 Å². The van der Waals surface area contributed by atoms with Crippen LogP contribution in [0.15, 0.2) is 24.8 Å². The number of hydrogen-bond donors (Lipinski definition) is 0. The van der Waals surface area contributed by atoms with Gasteiger partial charge in [-0.15, -0.1) is 0 Å². The van der Waals surface area contributed by atoms with Gasteiger partial charge in [0, 0.05) is 6.42 Å². The van der Waals surface area contributed by atoms with Gasteiger partial charge in [0.1, 0.15) is 12.0 Å². The molecule has 68 valence electrons. The molecule has 0 aromatic heterocycles. The van der Waals surface area contributed by atoms with E-state index in [1.807, 2.05) is 18.2 Å². The first-order valence-corrected chi connectivity index (χ1v) is 4.04. The van der Waals surface area contributed by atoms with Crippen LogP contribution in [0.1, 0.15) is 11.1 Å². The Balaban J connectivity index is 3.08. The van der Waals surface area contributed by atoms with Crippen molar-refractivity contribution in [3.8, 4) is 5.75 Å². The normalized spacial score (nSPS) is 9.31. The molecule has 0 aliphatic heterocycles. The van der Waals surface area contributed by atoms with E-state index >= 15 is 0 Å². The Kier molecular flexibility index (Phi) is 3.26. The molecule has 2 nitrogen and oxygen atoms in total. The van der Waals surface area contributed by atoms with Gasteiger partial charge in [-0.05, 0) is 23.3 Å². The summed E-state index contributed by atoms with van der Waals surface area (Å²) in [6.07, 6.45) is 3.01. The Morgan fingerprint density at radius 3 is 2.85 bits per heavy atom. The van der Waals surface area contributed by atoms with Gasteiger partial charge in [-0.2, -0.15) is 0 Å². The zero-order valence-electron chi connectivity index (χ0n) is 7.62. The van der Waals surface area contributed by atoms with E-state index in [-0.39, 0.29) is 0 Å². The lowest BCUT2D eigenvalue weighted by Gasteiger charge is -2.05. The van der Waals surface area contributed by atoms with Gasteiger partial charge in [0.15, 0.2) is 0 Å². The van der Waals surface area contributed by atoms with Gasteiger partial charge in [0.05, 0.1) is 7.11 Å². The molecule has 1 aromatic rings. The van der Waals surface area contributed by atoms with Gasteiger partial charge in [0.25, 0.3) is 0 Å². The van der Waals surface area contributed by atoms with Crippen LogP contribution in [0.2, 0.25) is 0 Å². The van der Waals surface area contributed by atoms with Crippen LogP contribution in [0.5, 0.6) is 5.75 Å². The summed E-state index contributed by atoms with van der Waals surface area (Å²) in [5.41, 5.74) is 1.93. The Hall–Kier alpha value is -1.57. The molecule has 0 saturated heterocycles. The van der Waals surface area contributed by atoms with E-state index in [0.717, 1.165) is 23.2 Å². The molecule has 0 atom stereocenters. The molecule has 0 radical (unpaired) electrons. The first kappa shape index (κ1) is 9.52. The largest absolute Gasteiger partial charge is 0.497 e. The molecule has 1 aromatic carbocycles. The van der Waals surface area contributed by atoms with E-state index in [0.29, 0.717) is 6.42 Å². The smallest absolute Gasteiger partial charge is 0.124 e. The molecule has 0 amide bonds. The van der Waals surface area contributed by atoms with Gasteiger partial charge in [-0.1, -0.05) is 18.7 Å². The molecule has 0 saturated carbocycles. The van der Waals surface area contributed by atoms with Gasteiger partial charge in [-0.3, -0.25) is 0 Å². The topological polar surface area (TPSA) is 26.3 Å². The van der Waals surface area contributed by atoms with Crippen LogP contribution < -0.4 is 4.74 Å². The molecule has 0 N–H and O–H groups in total. The summed E-state index contributed by atoms with van der Waals surface area (Å²) in [6.45, 7) is 3.67. The van der Waals surface area contributed by atoms with Crippen LogP contribution in [-0.4, -0.2) is 13.4 Å². The second-order valence-corrected chi connectivity index (χ2v) is 2.64. The molecule has 0 fully saturated rings. The fourth-order valence-electron chi connectivity index (χ4n) is 1.17. The van der Waals surface area contributed by atoms with Crippen LogP contribution in [0.3, 0.4) is 0 Å². The maximum Gasteiger partial charge on any atom is 0.124 e. The lowest BCUT2D eigenvalue weighted by atomic mass is 10.0. The van der Waals surface area contributed by atoms with Gasteiger partial charge in [-0.25, -0.2) is 0 Å². The van der Waals surface area contributed by atoms with Crippen LogP contribution >= 0.6 is 0 Å². The number of methoxy groups -OCH3 is 1. The minimum absolute atomic E-state index is 0.401. The quantitative estimate of drug-likeness (QED) is 0.656. The molecule has 0 aliphatic carbocycles. The fourth-order valence-corrected chi connectivity index (χ4v) is 1.17. The van der Waals surface area contributed by atoms with Crippen molar-refractivity contribution in [3.05, 3.63) is 35.9 Å². The molecule has 0 unspecified atom stereocenters. The summed E-state index contributed by atoms with van der Waals surface area (Å²) < 4.78 is 5.05. The second kappa shape index (κ2) is 4.45. The number of carbonyl (C=O) groups is 1.